The molecule has 0 aromatic carbocycles. The van der Waals surface area contributed by atoms with Crippen molar-refractivity contribution in [2.45, 2.75) is 39.8 Å². The SMILES string of the molecule is COC(=O)c1ccc(CN2CC(C)CC(C)C2C)nc1. The van der Waals surface area contributed by atoms with Gasteiger partial charge < -0.3 is 4.74 Å². The van der Waals surface area contributed by atoms with E-state index in [2.05, 4.69) is 35.4 Å². The number of hydrogen-bond donors (Lipinski definition) is 0. The minimum Gasteiger partial charge on any atom is -0.465 e. The number of rotatable bonds is 3. The van der Waals surface area contributed by atoms with Gasteiger partial charge in [-0.05, 0) is 37.3 Å². The fraction of sp³-hybridized carbons (Fsp3) is 0.625. The van der Waals surface area contributed by atoms with Crippen molar-refractivity contribution in [3.63, 3.8) is 0 Å². The number of nitrogens with zero attached hydrogens (tertiary/aromatic N) is 2. The van der Waals surface area contributed by atoms with E-state index in [4.69, 9.17) is 0 Å². The molecule has 2 rings (SSSR count). The molecule has 3 atom stereocenters. The van der Waals surface area contributed by atoms with Crippen molar-refractivity contribution in [1.82, 2.24) is 9.88 Å². The minimum absolute atomic E-state index is 0.336. The summed E-state index contributed by atoms with van der Waals surface area (Å²) in [6.07, 6.45) is 2.90. The third-order valence-corrected chi connectivity index (χ3v) is 4.33. The van der Waals surface area contributed by atoms with E-state index in [0.29, 0.717) is 17.5 Å². The van der Waals surface area contributed by atoms with Gasteiger partial charge in [0.1, 0.15) is 0 Å². The molecule has 0 radical (unpaired) electrons. The maximum Gasteiger partial charge on any atom is 0.339 e. The van der Waals surface area contributed by atoms with Crippen LogP contribution in [0.25, 0.3) is 0 Å². The first-order chi connectivity index (χ1) is 9.51. The molecule has 0 N–H and O–H groups in total. The lowest BCUT2D eigenvalue weighted by atomic mass is 9.86. The van der Waals surface area contributed by atoms with Crippen LogP contribution in [-0.2, 0) is 11.3 Å². The summed E-state index contributed by atoms with van der Waals surface area (Å²) in [6, 6.07) is 4.28. The molecule has 20 heavy (non-hydrogen) atoms. The molecule has 0 spiro atoms. The Morgan fingerprint density at radius 1 is 1.40 bits per heavy atom. The molecule has 1 fully saturated rings. The van der Waals surface area contributed by atoms with Gasteiger partial charge in [-0.2, -0.15) is 0 Å². The van der Waals surface area contributed by atoms with Crippen LogP contribution >= 0.6 is 0 Å². The highest BCUT2D eigenvalue weighted by atomic mass is 16.5. The average molecular weight is 276 g/mol. The highest BCUT2D eigenvalue weighted by Crippen LogP contribution is 2.27. The van der Waals surface area contributed by atoms with Crippen molar-refractivity contribution in [2.24, 2.45) is 11.8 Å². The molecular weight excluding hydrogens is 252 g/mol. The van der Waals surface area contributed by atoms with E-state index in [0.717, 1.165) is 24.7 Å². The van der Waals surface area contributed by atoms with Crippen LogP contribution in [0.4, 0.5) is 0 Å². The molecule has 1 aromatic heterocycles. The molecule has 110 valence electrons. The van der Waals surface area contributed by atoms with E-state index < -0.39 is 0 Å². The quantitative estimate of drug-likeness (QED) is 0.796. The number of ether oxygens (including phenoxy) is 1. The topological polar surface area (TPSA) is 42.4 Å². The lowest BCUT2D eigenvalue weighted by Gasteiger charge is -2.40. The van der Waals surface area contributed by atoms with Crippen LogP contribution in [-0.4, -0.2) is 35.5 Å². The summed E-state index contributed by atoms with van der Waals surface area (Å²) in [5.41, 5.74) is 1.51. The number of carbonyl (C=O) groups excluding carboxylic acids is 1. The molecular formula is C16H24N2O2. The van der Waals surface area contributed by atoms with Crippen molar-refractivity contribution in [3.05, 3.63) is 29.6 Å². The molecule has 4 nitrogen and oxygen atoms in total. The molecule has 4 heteroatoms. The Bertz CT molecular complexity index is 458. The second kappa shape index (κ2) is 6.35. The van der Waals surface area contributed by atoms with Gasteiger partial charge in [-0.1, -0.05) is 13.8 Å². The molecule has 1 aliphatic rings. The van der Waals surface area contributed by atoms with Crippen LogP contribution < -0.4 is 0 Å². The van der Waals surface area contributed by atoms with E-state index in [-0.39, 0.29) is 5.97 Å². The van der Waals surface area contributed by atoms with Crippen LogP contribution in [0.1, 0.15) is 43.2 Å². The molecule has 1 saturated heterocycles. The number of esters is 1. The van der Waals surface area contributed by atoms with E-state index in [1.165, 1.54) is 13.5 Å². The normalized spacial score (nSPS) is 27.3. The maximum atomic E-state index is 11.4. The van der Waals surface area contributed by atoms with Crippen LogP contribution in [0.5, 0.6) is 0 Å². The molecule has 2 heterocycles. The smallest absolute Gasteiger partial charge is 0.339 e. The molecule has 0 saturated carbocycles. The summed E-state index contributed by atoms with van der Waals surface area (Å²) in [7, 11) is 1.38. The number of aromatic nitrogens is 1. The third-order valence-electron chi connectivity index (χ3n) is 4.33. The van der Waals surface area contributed by atoms with Crippen molar-refractivity contribution in [2.75, 3.05) is 13.7 Å². The van der Waals surface area contributed by atoms with Gasteiger partial charge in [-0.25, -0.2) is 4.79 Å². The molecule has 3 unspecified atom stereocenters. The first-order valence-electron chi connectivity index (χ1n) is 7.28. The Morgan fingerprint density at radius 2 is 2.15 bits per heavy atom. The number of carbonyl (C=O) groups is 1. The van der Waals surface area contributed by atoms with E-state index in [1.54, 1.807) is 12.3 Å². The molecule has 0 amide bonds. The van der Waals surface area contributed by atoms with Crippen molar-refractivity contribution in [1.29, 1.82) is 0 Å². The largest absolute Gasteiger partial charge is 0.465 e. The Morgan fingerprint density at radius 3 is 2.75 bits per heavy atom. The number of likely N-dealkylation sites (tertiary alicyclic amines) is 1. The Balaban J connectivity index is 2.04. The second-order valence-corrected chi connectivity index (χ2v) is 6.02. The molecule has 1 aliphatic heterocycles. The number of hydrogen-bond acceptors (Lipinski definition) is 4. The third kappa shape index (κ3) is 3.37. The number of piperidine rings is 1. The Labute approximate surface area is 121 Å². The molecule has 0 aliphatic carbocycles. The van der Waals surface area contributed by atoms with Crippen LogP contribution in [0.2, 0.25) is 0 Å². The Kier molecular flexibility index (Phi) is 4.76. The van der Waals surface area contributed by atoms with Gasteiger partial charge in [0.2, 0.25) is 0 Å². The fourth-order valence-corrected chi connectivity index (χ4v) is 3.01. The predicted molar refractivity (Wildman–Crippen MR) is 78.4 cm³/mol. The number of pyridine rings is 1. The highest BCUT2D eigenvalue weighted by Gasteiger charge is 2.28. The van der Waals surface area contributed by atoms with Crippen LogP contribution in [0.15, 0.2) is 18.3 Å². The van der Waals surface area contributed by atoms with Crippen molar-refractivity contribution in [3.8, 4) is 0 Å². The van der Waals surface area contributed by atoms with E-state index in [9.17, 15) is 4.79 Å². The summed E-state index contributed by atoms with van der Waals surface area (Å²) in [5, 5.41) is 0. The molecule has 1 aromatic rings. The average Bonchev–Trinajstić information content (AvgIpc) is 2.44. The summed E-state index contributed by atoms with van der Waals surface area (Å²) < 4.78 is 4.68. The standard InChI is InChI=1S/C16H24N2O2/c1-11-7-12(2)13(3)18(9-11)10-15-6-5-14(8-17-15)16(19)20-4/h5-6,8,11-13H,7,9-10H2,1-4H3. The maximum absolute atomic E-state index is 11.4. The zero-order chi connectivity index (χ0) is 14.7. The van der Waals surface area contributed by atoms with Crippen LogP contribution in [0, 0.1) is 11.8 Å². The van der Waals surface area contributed by atoms with Crippen molar-refractivity contribution >= 4 is 5.97 Å². The zero-order valence-corrected chi connectivity index (χ0v) is 12.8. The van der Waals surface area contributed by atoms with Gasteiger partial charge in [-0.3, -0.25) is 9.88 Å². The van der Waals surface area contributed by atoms with E-state index >= 15 is 0 Å². The predicted octanol–water partition coefficient (Wildman–Crippen LogP) is 2.73. The Hall–Kier alpha value is -1.42. The van der Waals surface area contributed by atoms with Gasteiger partial charge in [-0.15, -0.1) is 0 Å². The summed E-state index contributed by atoms with van der Waals surface area (Å²) >= 11 is 0. The zero-order valence-electron chi connectivity index (χ0n) is 12.8. The van der Waals surface area contributed by atoms with Gasteiger partial charge in [0.15, 0.2) is 0 Å². The monoisotopic (exact) mass is 276 g/mol. The van der Waals surface area contributed by atoms with Gasteiger partial charge in [0, 0.05) is 25.3 Å². The molecule has 0 bridgehead atoms. The number of methoxy groups -OCH3 is 1. The summed E-state index contributed by atoms with van der Waals surface area (Å²) in [6.45, 7) is 8.88. The van der Waals surface area contributed by atoms with Gasteiger partial charge >= 0.3 is 5.97 Å². The lowest BCUT2D eigenvalue weighted by Crippen LogP contribution is -2.45. The fourth-order valence-electron chi connectivity index (χ4n) is 3.01. The second-order valence-electron chi connectivity index (χ2n) is 6.02. The lowest BCUT2D eigenvalue weighted by molar-refractivity contribution is 0.0599. The van der Waals surface area contributed by atoms with Crippen molar-refractivity contribution < 1.29 is 9.53 Å². The summed E-state index contributed by atoms with van der Waals surface area (Å²) in [4.78, 5) is 18.2. The van der Waals surface area contributed by atoms with Gasteiger partial charge in [0.25, 0.3) is 0 Å². The first-order valence-corrected chi connectivity index (χ1v) is 7.28. The summed E-state index contributed by atoms with van der Waals surface area (Å²) in [5.74, 6) is 1.11. The van der Waals surface area contributed by atoms with Crippen LogP contribution in [0.3, 0.4) is 0 Å². The first kappa shape index (κ1) is 15.0. The minimum atomic E-state index is -0.336. The van der Waals surface area contributed by atoms with Gasteiger partial charge in [0.05, 0.1) is 18.4 Å². The van der Waals surface area contributed by atoms with E-state index in [1.807, 2.05) is 6.07 Å². The highest BCUT2D eigenvalue weighted by molar-refractivity contribution is 5.88.